The van der Waals surface area contributed by atoms with E-state index in [1.165, 1.54) is 13.2 Å². The van der Waals surface area contributed by atoms with Crippen molar-refractivity contribution in [2.45, 2.75) is 44.7 Å². The topological polar surface area (TPSA) is 75.7 Å². The zero-order valence-corrected chi connectivity index (χ0v) is 15.7. The zero-order chi connectivity index (χ0) is 17.9. The minimum absolute atomic E-state index is 0.126. The molecule has 24 heavy (non-hydrogen) atoms. The first-order chi connectivity index (χ1) is 11.2. The van der Waals surface area contributed by atoms with Gasteiger partial charge in [0.25, 0.3) is 0 Å². The summed E-state index contributed by atoms with van der Waals surface area (Å²) < 4.78 is 30.7. The number of ether oxygens (including phenoxy) is 1. The molecule has 0 saturated heterocycles. The van der Waals surface area contributed by atoms with Gasteiger partial charge in [0.1, 0.15) is 11.8 Å². The largest absolute Gasteiger partial charge is 0.495 e. The fourth-order valence-corrected chi connectivity index (χ4v) is 4.41. The summed E-state index contributed by atoms with van der Waals surface area (Å²) in [6, 6.07) is 3.90. The smallest absolute Gasteiger partial charge is 0.243 e. The third kappa shape index (κ3) is 4.33. The highest BCUT2D eigenvalue weighted by Gasteiger charge is 2.31. The van der Waals surface area contributed by atoms with Gasteiger partial charge in [0, 0.05) is 6.04 Å². The summed E-state index contributed by atoms with van der Waals surface area (Å²) >= 11 is 6.10. The highest BCUT2D eigenvalue weighted by atomic mass is 35.5. The Hall–Kier alpha value is -1.47. The van der Waals surface area contributed by atoms with Crippen molar-refractivity contribution in [3.8, 4) is 5.75 Å². The Kier molecular flexibility index (Phi) is 5.98. The predicted molar refractivity (Wildman–Crippen MR) is 95.2 cm³/mol. The van der Waals surface area contributed by atoms with Gasteiger partial charge in [-0.05, 0) is 38.0 Å². The maximum Gasteiger partial charge on any atom is 0.243 e. The Morgan fingerprint density at radius 2 is 2.00 bits per heavy atom. The molecule has 1 atom stereocenters. The van der Waals surface area contributed by atoms with E-state index in [9.17, 15) is 13.2 Å². The van der Waals surface area contributed by atoms with Crippen molar-refractivity contribution >= 4 is 33.2 Å². The Morgan fingerprint density at radius 3 is 2.50 bits per heavy atom. The molecule has 1 saturated carbocycles. The second-order valence-electron chi connectivity index (χ2n) is 6.04. The number of sulfonamides is 1. The molecular weight excluding hydrogens is 352 g/mol. The molecule has 8 heteroatoms. The van der Waals surface area contributed by atoms with Crippen molar-refractivity contribution in [3.63, 3.8) is 0 Å². The number of nitrogens with one attached hydrogen (secondary N) is 1. The van der Waals surface area contributed by atoms with Crippen molar-refractivity contribution in [2.24, 2.45) is 0 Å². The summed E-state index contributed by atoms with van der Waals surface area (Å²) in [5.41, 5.74) is 0.331. The monoisotopic (exact) mass is 374 g/mol. The Bertz CT molecular complexity index is 702. The second-order valence-corrected chi connectivity index (χ2v) is 8.31. The first-order valence-corrected chi connectivity index (χ1v) is 10.1. The van der Waals surface area contributed by atoms with Crippen LogP contribution in [0.15, 0.2) is 18.2 Å². The average Bonchev–Trinajstić information content (AvgIpc) is 2.99. The van der Waals surface area contributed by atoms with Gasteiger partial charge in [-0.1, -0.05) is 24.4 Å². The summed E-state index contributed by atoms with van der Waals surface area (Å²) in [6.07, 6.45) is 5.12. The first-order valence-electron chi connectivity index (χ1n) is 7.87. The van der Waals surface area contributed by atoms with Gasteiger partial charge in [0.15, 0.2) is 0 Å². The number of amides is 1. The van der Waals surface area contributed by atoms with Crippen LogP contribution in [0.25, 0.3) is 0 Å². The molecule has 0 radical (unpaired) electrons. The van der Waals surface area contributed by atoms with E-state index >= 15 is 0 Å². The zero-order valence-electron chi connectivity index (χ0n) is 14.1. The molecule has 0 spiro atoms. The van der Waals surface area contributed by atoms with Crippen LogP contribution >= 0.6 is 11.6 Å². The molecule has 134 valence electrons. The highest BCUT2D eigenvalue weighted by Crippen LogP contribution is 2.31. The lowest BCUT2D eigenvalue weighted by molar-refractivity contribution is -0.122. The van der Waals surface area contributed by atoms with Crippen molar-refractivity contribution in [1.29, 1.82) is 0 Å². The number of benzene rings is 1. The van der Waals surface area contributed by atoms with Crippen molar-refractivity contribution in [3.05, 3.63) is 23.2 Å². The molecular formula is C16H23ClN2O4S. The number of anilines is 1. The number of hydrogen-bond donors (Lipinski definition) is 1. The normalized spacial score (nSPS) is 16.7. The van der Waals surface area contributed by atoms with Gasteiger partial charge in [-0.25, -0.2) is 8.42 Å². The van der Waals surface area contributed by atoms with Crippen LogP contribution in [0, 0.1) is 0 Å². The molecule has 1 amide bonds. The van der Waals surface area contributed by atoms with E-state index in [1.807, 2.05) is 0 Å². The minimum atomic E-state index is -3.66. The van der Waals surface area contributed by atoms with E-state index in [-0.39, 0.29) is 17.0 Å². The number of halogens is 1. The molecule has 0 heterocycles. The first kappa shape index (κ1) is 18.9. The van der Waals surface area contributed by atoms with E-state index < -0.39 is 16.1 Å². The lowest BCUT2D eigenvalue weighted by Gasteiger charge is -2.29. The minimum Gasteiger partial charge on any atom is -0.495 e. The summed E-state index contributed by atoms with van der Waals surface area (Å²) in [4.78, 5) is 12.5. The van der Waals surface area contributed by atoms with Crippen LogP contribution in [-0.4, -0.2) is 39.8 Å². The molecule has 2 rings (SSSR count). The molecule has 0 bridgehead atoms. The van der Waals surface area contributed by atoms with Crippen LogP contribution in [0.2, 0.25) is 5.02 Å². The van der Waals surface area contributed by atoms with Gasteiger partial charge in [0.05, 0.1) is 24.1 Å². The third-order valence-corrected chi connectivity index (χ3v) is 5.72. The van der Waals surface area contributed by atoms with Gasteiger partial charge in [-0.3, -0.25) is 9.10 Å². The number of methoxy groups -OCH3 is 1. The molecule has 0 aliphatic heterocycles. The van der Waals surface area contributed by atoms with Crippen LogP contribution in [0.3, 0.4) is 0 Å². The summed E-state index contributed by atoms with van der Waals surface area (Å²) in [7, 11) is -2.18. The molecule has 6 nitrogen and oxygen atoms in total. The Labute approximate surface area is 148 Å². The molecule has 1 aliphatic carbocycles. The van der Waals surface area contributed by atoms with Crippen LogP contribution in [0.1, 0.15) is 32.6 Å². The number of hydrogen-bond acceptors (Lipinski definition) is 4. The van der Waals surface area contributed by atoms with Gasteiger partial charge >= 0.3 is 0 Å². The summed E-state index contributed by atoms with van der Waals surface area (Å²) in [5.74, 6) is 0.135. The van der Waals surface area contributed by atoms with E-state index in [2.05, 4.69) is 5.32 Å². The molecule has 1 aliphatic rings. The van der Waals surface area contributed by atoms with Crippen molar-refractivity contribution in [2.75, 3.05) is 17.7 Å². The van der Waals surface area contributed by atoms with Gasteiger partial charge in [-0.2, -0.15) is 0 Å². The van der Waals surface area contributed by atoms with E-state index in [0.717, 1.165) is 36.2 Å². The molecule has 1 N–H and O–H groups in total. The van der Waals surface area contributed by atoms with Crippen molar-refractivity contribution < 1.29 is 17.9 Å². The summed E-state index contributed by atoms with van der Waals surface area (Å²) in [6.45, 7) is 1.57. The summed E-state index contributed by atoms with van der Waals surface area (Å²) in [5, 5.41) is 3.22. The standard InChI is InChI=1S/C16H23ClN2O4S/c1-11(16(20)18-12-6-4-5-7-12)19(24(3,21)22)13-8-9-15(23-2)14(17)10-13/h8-12H,4-7H2,1-3H3,(H,18,20)/t11-/m0/s1. The van der Waals surface area contributed by atoms with E-state index in [0.29, 0.717) is 11.4 Å². The lowest BCUT2D eigenvalue weighted by Crippen LogP contribution is -2.49. The maximum atomic E-state index is 12.5. The second kappa shape index (κ2) is 7.61. The number of carbonyl (C=O) groups excluding carboxylic acids is 1. The van der Waals surface area contributed by atoms with Crippen LogP contribution in [0.4, 0.5) is 5.69 Å². The van der Waals surface area contributed by atoms with Gasteiger partial charge in [-0.15, -0.1) is 0 Å². The van der Waals surface area contributed by atoms with Crippen LogP contribution in [-0.2, 0) is 14.8 Å². The number of nitrogens with zero attached hydrogens (tertiary/aromatic N) is 1. The predicted octanol–water partition coefficient (Wildman–Crippen LogP) is 2.56. The van der Waals surface area contributed by atoms with Gasteiger partial charge < -0.3 is 10.1 Å². The van der Waals surface area contributed by atoms with Crippen LogP contribution in [0.5, 0.6) is 5.75 Å². The van der Waals surface area contributed by atoms with Crippen LogP contribution < -0.4 is 14.4 Å². The fourth-order valence-electron chi connectivity index (χ4n) is 2.99. The van der Waals surface area contributed by atoms with E-state index in [1.54, 1.807) is 19.1 Å². The lowest BCUT2D eigenvalue weighted by atomic mass is 10.2. The Balaban J connectivity index is 2.27. The molecule has 1 fully saturated rings. The number of carbonyl (C=O) groups is 1. The fraction of sp³-hybridized carbons (Fsp3) is 0.562. The third-order valence-electron chi connectivity index (χ3n) is 4.18. The molecule has 0 aromatic heterocycles. The number of rotatable bonds is 6. The molecule has 1 aromatic rings. The highest BCUT2D eigenvalue weighted by molar-refractivity contribution is 7.92. The van der Waals surface area contributed by atoms with E-state index in [4.69, 9.17) is 16.3 Å². The van der Waals surface area contributed by atoms with Gasteiger partial charge in [0.2, 0.25) is 15.9 Å². The Morgan fingerprint density at radius 1 is 1.38 bits per heavy atom. The quantitative estimate of drug-likeness (QED) is 0.830. The maximum absolute atomic E-state index is 12.5. The average molecular weight is 375 g/mol. The van der Waals surface area contributed by atoms with Crippen molar-refractivity contribution in [1.82, 2.24) is 5.32 Å². The molecule has 1 aromatic carbocycles. The SMILES string of the molecule is COc1ccc(N([C@@H](C)C(=O)NC2CCCC2)S(C)(=O)=O)cc1Cl. The molecule has 0 unspecified atom stereocenters.